The Morgan fingerprint density at radius 1 is 0.651 bits per heavy atom. The fourth-order valence-electron chi connectivity index (χ4n) is 4.59. The van der Waals surface area contributed by atoms with E-state index >= 15 is 4.39 Å². The van der Waals surface area contributed by atoms with Gasteiger partial charge in [0, 0.05) is 35.7 Å². The predicted molar refractivity (Wildman–Crippen MR) is 152 cm³/mol. The summed E-state index contributed by atoms with van der Waals surface area (Å²) in [5.74, 6) is -5.96. The molecule has 1 aromatic heterocycles. The molecule has 0 unspecified atom stereocenters. The highest BCUT2D eigenvalue weighted by Crippen LogP contribution is 2.35. The summed E-state index contributed by atoms with van der Waals surface area (Å²) in [6.45, 7) is 2.16. The molecule has 0 atom stereocenters. The molecule has 3 nitrogen and oxygen atoms in total. The normalized spacial score (nSPS) is 11.5. The van der Waals surface area contributed by atoms with Crippen LogP contribution in [0.4, 0.5) is 26.3 Å². The highest BCUT2D eigenvalue weighted by atomic mass is 19.3. The molecule has 0 saturated carbocycles. The Labute approximate surface area is 244 Å². The van der Waals surface area contributed by atoms with Crippen molar-refractivity contribution in [1.82, 2.24) is 9.97 Å². The third-order valence-electron chi connectivity index (χ3n) is 6.96. The molecule has 0 aliphatic heterocycles. The molecule has 1 heterocycles. The lowest BCUT2D eigenvalue weighted by Crippen LogP contribution is -2.22. The number of ether oxygens (including phenoxy) is 1. The smallest absolute Gasteiger partial charge is 0.426 e. The van der Waals surface area contributed by atoms with Crippen molar-refractivity contribution < 1.29 is 31.1 Å². The second-order valence-electron chi connectivity index (χ2n) is 10.0. The minimum Gasteiger partial charge on any atom is -0.429 e. The van der Waals surface area contributed by atoms with Crippen LogP contribution < -0.4 is 4.74 Å². The molecule has 43 heavy (non-hydrogen) atoms. The van der Waals surface area contributed by atoms with Gasteiger partial charge in [-0.3, -0.25) is 0 Å². The number of aryl methyl sites for hydroxylation is 1. The van der Waals surface area contributed by atoms with E-state index in [2.05, 4.69) is 21.6 Å². The zero-order valence-electron chi connectivity index (χ0n) is 23.1. The van der Waals surface area contributed by atoms with Gasteiger partial charge < -0.3 is 4.74 Å². The molecular weight excluding hydrogens is 566 g/mol. The molecule has 0 fully saturated rings. The third-order valence-corrected chi connectivity index (χ3v) is 6.96. The van der Waals surface area contributed by atoms with Crippen LogP contribution in [-0.4, -0.2) is 9.97 Å². The molecule has 5 aromatic rings. The third kappa shape index (κ3) is 6.88. The van der Waals surface area contributed by atoms with E-state index in [9.17, 15) is 22.0 Å². The van der Waals surface area contributed by atoms with Crippen molar-refractivity contribution in [3.8, 4) is 39.4 Å². The summed E-state index contributed by atoms with van der Waals surface area (Å²) in [6, 6.07) is 17.3. The van der Waals surface area contributed by atoms with Gasteiger partial charge in [-0.1, -0.05) is 68.3 Å². The number of rotatable bonds is 10. The number of unbranched alkanes of at least 4 members (excludes halogenated alkanes) is 2. The SMILES string of the molecule is CCCCCc1cnc(-c2ccc(-c3ccc(-c4ccc(C(F)(F)Oc5cc(F)c(F)c(F)c5)cc4)c(F)c3)cc2)nc1. The van der Waals surface area contributed by atoms with Crippen LogP contribution in [0.3, 0.4) is 0 Å². The van der Waals surface area contributed by atoms with Crippen molar-refractivity contribution in [3.05, 3.63) is 126 Å². The second kappa shape index (κ2) is 12.7. The average molecular weight is 593 g/mol. The van der Waals surface area contributed by atoms with Crippen molar-refractivity contribution in [2.45, 2.75) is 38.7 Å². The molecule has 5 rings (SSSR count). The zero-order valence-corrected chi connectivity index (χ0v) is 23.1. The lowest BCUT2D eigenvalue weighted by Gasteiger charge is -2.19. The van der Waals surface area contributed by atoms with Crippen LogP contribution in [0.5, 0.6) is 5.75 Å². The molecule has 0 amide bonds. The Hall–Kier alpha value is -4.66. The predicted octanol–water partition coefficient (Wildman–Crippen LogP) is 9.89. The number of nitrogens with zero attached hydrogens (tertiary/aromatic N) is 2. The second-order valence-corrected chi connectivity index (χ2v) is 10.0. The van der Waals surface area contributed by atoms with Crippen LogP contribution in [0.1, 0.15) is 37.3 Å². The molecule has 0 aliphatic rings. The number of alkyl halides is 2. The van der Waals surface area contributed by atoms with Gasteiger partial charge in [-0.15, -0.1) is 0 Å². The van der Waals surface area contributed by atoms with Gasteiger partial charge in [-0.05, 0) is 53.3 Å². The van der Waals surface area contributed by atoms with E-state index < -0.39 is 40.7 Å². The van der Waals surface area contributed by atoms with Gasteiger partial charge in [0.2, 0.25) is 0 Å². The maximum Gasteiger partial charge on any atom is 0.426 e. The van der Waals surface area contributed by atoms with Crippen molar-refractivity contribution >= 4 is 0 Å². The van der Waals surface area contributed by atoms with Crippen LogP contribution in [0.2, 0.25) is 0 Å². The molecule has 0 N–H and O–H groups in total. The standard InChI is InChI=1S/C34H26F6N2O/c1-2-3-4-5-21-19-41-33(42-20-21)24-8-6-22(7-9-24)25-12-15-28(29(35)16-25)23-10-13-26(14-11-23)34(39,40)43-27-17-30(36)32(38)31(37)18-27/h6-20H,2-5H2,1H3. The highest BCUT2D eigenvalue weighted by molar-refractivity contribution is 5.72. The summed E-state index contributed by atoms with van der Waals surface area (Å²) in [4.78, 5) is 8.94. The minimum atomic E-state index is -3.99. The summed E-state index contributed by atoms with van der Waals surface area (Å²) >= 11 is 0. The lowest BCUT2D eigenvalue weighted by atomic mass is 9.98. The number of hydrogen-bond acceptors (Lipinski definition) is 3. The van der Waals surface area contributed by atoms with Crippen LogP contribution in [0.25, 0.3) is 33.6 Å². The quantitative estimate of drug-likeness (QED) is 0.0920. The van der Waals surface area contributed by atoms with Gasteiger partial charge >= 0.3 is 6.11 Å². The molecule has 9 heteroatoms. The maximum absolute atomic E-state index is 15.2. The van der Waals surface area contributed by atoms with E-state index in [-0.39, 0.29) is 5.56 Å². The van der Waals surface area contributed by atoms with Crippen molar-refractivity contribution in [2.24, 2.45) is 0 Å². The Morgan fingerprint density at radius 3 is 1.84 bits per heavy atom. The van der Waals surface area contributed by atoms with Crippen molar-refractivity contribution in [1.29, 1.82) is 0 Å². The van der Waals surface area contributed by atoms with Gasteiger partial charge in [0.05, 0.1) is 5.56 Å². The Balaban J connectivity index is 1.28. The molecule has 4 aromatic carbocycles. The van der Waals surface area contributed by atoms with Gasteiger partial charge in [-0.2, -0.15) is 8.78 Å². The maximum atomic E-state index is 15.2. The van der Waals surface area contributed by atoms with Crippen LogP contribution in [-0.2, 0) is 12.5 Å². The van der Waals surface area contributed by atoms with Crippen molar-refractivity contribution in [2.75, 3.05) is 0 Å². The van der Waals surface area contributed by atoms with Crippen molar-refractivity contribution in [3.63, 3.8) is 0 Å². The van der Waals surface area contributed by atoms with E-state index in [4.69, 9.17) is 0 Å². The van der Waals surface area contributed by atoms with Gasteiger partial charge in [-0.25, -0.2) is 27.5 Å². The largest absolute Gasteiger partial charge is 0.429 e. The zero-order chi connectivity index (χ0) is 30.6. The lowest BCUT2D eigenvalue weighted by molar-refractivity contribution is -0.185. The molecule has 0 aliphatic carbocycles. The van der Waals surface area contributed by atoms with E-state index in [1.54, 1.807) is 12.1 Å². The number of hydrogen-bond donors (Lipinski definition) is 0. The number of halogens is 6. The van der Waals surface area contributed by atoms with Crippen LogP contribution in [0.15, 0.2) is 91.3 Å². The first-order valence-electron chi connectivity index (χ1n) is 13.7. The monoisotopic (exact) mass is 592 g/mol. The van der Waals surface area contributed by atoms with Crippen LogP contribution in [0, 0.1) is 23.3 Å². The van der Waals surface area contributed by atoms with E-state index in [0.717, 1.165) is 48.1 Å². The highest BCUT2D eigenvalue weighted by Gasteiger charge is 2.35. The Kier molecular flexibility index (Phi) is 8.80. The molecule has 0 radical (unpaired) electrons. The first-order valence-corrected chi connectivity index (χ1v) is 13.7. The summed E-state index contributed by atoms with van der Waals surface area (Å²) in [6.07, 6.45) is 4.06. The first kappa shape index (κ1) is 29.8. The van der Waals surface area contributed by atoms with Gasteiger partial charge in [0.25, 0.3) is 0 Å². The fourth-order valence-corrected chi connectivity index (χ4v) is 4.59. The van der Waals surface area contributed by atoms with E-state index in [0.29, 0.717) is 29.1 Å². The van der Waals surface area contributed by atoms with E-state index in [1.165, 1.54) is 24.6 Å². The summed E-state index contributed by atoms with van der Waals surface area (Å²) in [5.41, 5.74) is 3.19. The van der Waals surface area contributed by atoms with Gasteiger partial charge in [0.1, 0.15) is 11.6 Å². The average Bonchev–Trinajstić information content (AvgIpc) is 3.00. The molecular formula is C34H26F6N2O. The van der Waals surface area contributed by atoms with Crippen LogP contribution >= 0.6 is 0 Å². The van der Waals surface area contributed by atoms with E-state index in [1.807, 2.05) is 36.7 Å². The summed E-state index contributed by atoms with van der Waals surface area (Å²) in [7, 11) is 0. The topological polar surface area (TPSA) is 35.0 Å². The number of benzene rings is 4. The molecule has 0 saturated heterocycles. The summed E-state index contributed by atoms with van der Waals surface area (Å²) < 4.78 is 88.8. The first-order chi connectivity index (χ1) is 20.6. The summed E-state index contributed by atoms with van der Waals surface area (Å²) in [5, 5.41) is 0. The fraction of sp³-hybridized carbons (Fsp3) is 0.176. The molecule has 220 valence electrons. The van der Waals surface area contributed by atoms with Gasteiger partial charge in [0.15, 0.2) is 23.3 Å². The molecule has 0 spiro atoms. The molecule has 0 bridgehead atoms. The minimum absolute atomic E-state index is 0.186. The Bertz CT molecular complexity index is 1680. The Morgan fingerprint density at radius 2 is 1.23 bits per heavy atom. The number of aromatic nitrogens is 2.